The lowest BCUT2D eigenvalue weighted by molar-refractivity contribution is -0.0247. The molecule has 1 N–H and O–H groups in total. The molecular weight excluding hydrogens is 167 g/mol. The van der Waals surface area contributed by atoms with E-state index >= 15 is 0 Å². The number of hydrogen-bond donors (Lipinski definition) is 1. The molecule has 0 amide bonds. The largest absolute Gasteiger partial charge is 0.388 e. The Kier molecular flexibility index (Phi) is 3.79. The van der Waals surface area contributed by atoms with E-state index in [-0.39, 0.29) is 24.8 Å². The van der Waals surface area contributed by atoms with Gasteiger partial charge in [0.05, 0.1) is 12.1 Å². The fourth-order valence-corrected chi connectivity index (χ4v) is 1.60. The van der Waals surface area contributed by atoms with Gasteiger partial charge in [-0.15, -0.1) is 6.42 Å². The molecule has 0 aliphatic carbocycles. The van der Waals surface area contributed by atoms with Crippen molar-refractivity contribution in [1.29, 1.82) is 0 Å². The van der Waals surface area contributed by atoms with Gasteiger partial charge in [0.25, 0.3) is 0 Å². The highest BCUT2D eigenvalue weighted by molar-refractivity contribution is 6.11. The van der Waals surface area contributed by atoms with Crippen molar-refractivity contribution in [3.8, 4) is 12.3 Å². The third-order valence-electron chi connectivity index (χ3n) is 2.33. The molecule has 1 aliphatic rings. The van der Waals surface area contributed by atoms with E-state index in [9.17, 15) is 5.11 Å². The number of terminal acetylenes is 1. The topological polar surface area (TPSA) is 38.7 Å². The van der Waals surface area contributed by atoms with E-state index < -0.39 is 6.10 Å². The van der Waals surface area contributed by atoms with Crippen LogP contribution in [-0.4, -0.2) is 43.9 Å². The first-order chi connectivity index (χ1) is 6.20. The molecule has 4 atom stereocenters. The lowest BCUT2D eigenvalue weighted by Crippen LogP contribution is -2.35. The molecule has 1 saturated heterocycles. The number of rotatable bonds is 3. The molecule has 0 aromatic rings. The van der Waals surface area contributed by atoms with Crippen LogP contribution in [0.2, 0.25) is 0 Å². The van der Waals surface area contributed by atoms with Crippen LogP contribution in [0.5, 0.6) is 0 Å². The monoisotopic (exact) mass is 182 g/mol. The Labute approximate surface area is 79.8 Å². The molecule has 1 aliphatic heterocycles. The van der Waals surface area contributed by atoms with E-state index in [1.165, 1.54) is 0 Å². The zero-order valence-electron chi connectivity index (χ0n) is 8.06. The van der Waals surface area contributed by atoms with Crippen molar-refractivity contribution in [2.75, 3.05) is 6.61 Å². The maximum atomic E-state index is 9.67. The van der Waals surface area contributed by atoms with Gasteiger partial charge in [-0.2, -0.15) is 0 Å². The Morgan fingerprint density at radius 2 is 2.38 bits per heavy atom. The smallest absolute Gasteiger partial charge is 0.142 e. The zero-order valence-corrected chi connectivity index (χ0v) is 8.06. The number of ether oxygens (including phenoxy) is 2. The van der Waals surface area contributed by atoms with Gasteiger partial charge in [0, 0.05) is 0 Å². The predicted molar refractivity (Wildman–Crippen MR) is 52.1 cm³/mol. The molecule has 0 bridgehead atoms. The minimum absolute atomic E-state index is 0.0293. The summed E-state index contributed by atoms with van der Waals surface area (Å²) in [5.41, 5.74) is 0. The number of aliphatic hydroxyl groups excluding tert-OH is 1. The molecule has 1 unspecified atom stereocenters. The molecule has 0 radical (unpaired) electrons. The van der Waals surface area contributed by atoms with Crippen molar-refractivity contribution in [1.82, 2.24) is 0 Å². The predicted octanol–water partition coefficient (Wildman–Crippen LogP) is -0.866. The van der Waals surface area contributed by atoms with Crippen molar-refractivity contribution in [2.45, 2.75) is 37.7 Å². The highest BCUT2D eigenvalue weighted by atomic mass is 16.6. The van der Waals surface area contributed by atoms with E-state index in [1.54, 1.807) is 0 Å². The summed E-state index contributed by atoms with van der Waals surface area (Å²) in [5, 5.41) is 9.67. The molecule has 72 valence electrons. The summed E-state index contributed by atoms with van der Waals surface area (Å²) in [6.45, 7) is 2.23. The van der Waals surface area contributed by atoms with E-state index in [1.807, 2.05) is 14.8 Å². The Morgan fingerprint density at radius 1 is 1.69 bits per heavy atom. The van der Waals surface area contributed by atoms with E-state index in [0.717, 1.165) is 6.42 Å². The van der Waals surface area contributed by atoms with Crippen LogP contribution in [-0.2, 0) is 9.47 Å². The lowest BCUT2D eigenvalue weighted by atomic mass is 9.93. The third kappa shape index (κ3) is 2.25. The highest BCUT2D eigenvalue weighted by Gasteiger charge is 2.40. The maximum Gasteiger partial charge on any atom is 0.142 e. The fraction of sp³-hybridized carbons (Fsp3) is 0.778. The van der Waals surface area contributed by atoms with E-state index in [4.69, 9.17) is 15.9 Å². The Hall–Kier alpha value is -0.495. The van der Waals surface area contributed by atoms with Crippen molar-refractivity contribution in [2.24, 2.45) is 0 Å². The average molecular weight is 182 g/mol. The fourth-order valence-electron chi connectivity index (χ4n) is 1.60. The standard InChI is InChI=1S/C9H15BO3/c1-3-5-12-8-6(4-2)13-9(10)7(8)11/h1,6-9,11H,4-5,10H2,2H3/t6-,7?,8+,9-/m1/s1. The first-order valence-corrected chi connectivity index (χ1v) is 4.59. The van der Waals surface area contributed by atoms with Crippen LogP contribution in [0.4, 0.5) is 0 Å². The summed E-state index contributed by atoms with van der Waals surface area (Å²) in [5.74, 6) is 2.39. The van der Waals surface area contributed by atoms with Crippen LogP contribution >= 0.6 is 0 Å². The van der Waals surface area contributed by atoms with Crippen LogP contribution in [0.1, 0.15) is 13.3 Å². The summed E-state index contributed by atoms with van der Waals surface area (Å²) in [4.78, 5) is 0. The summed E-state index contributed by atoms with van der Waals surface area (Å²) in [6, 6.07) is -0.160. The highest BCUT2D eigenvalue weighted by Crippen LogP contribution is 2.24. The molecule has 1 fully saturated rings. The Morgan fingerprint density at radius 3 is 2.92 bits per heavy atom. The van der Waals surface area contributed by atoms with Crippen LogP contribution < -0.4 is 0 Å². The second kappa shape index (κ2) is 4.66. The summed E-state index contributed by atoms with van der Waals surface area (Å²) >= 11 is 0. The molecule has 1 rings (SSSR count). The molecular formula is C9H15BO3. The molecule has 0 aromatic carbocycles. The van der Waals surface area contributed by atoms with E-state index in [2.05, 4.69) is 5.92 Å². The summed E-state index contributed by atoms with van der Waals surface area (Å²) in [6.07, 6.45) is 5.05. The van der Waals surface area contributed by atoms with Gasteiger partial charge in [0.1, 0.15) is 26.7 Å². The third-order valence-corrected chi connectivity index (χ3v) is 2.33. The van der Waals surface area contributed by atoms with Gasteiger partial charge in [0.2, 0.25) is 0 Å². The molecule has 13 heavy (non-hydrogen) atoms. The van der Waals surface area contributed by atoms with Gasteiger partial charge in [-0.1, -0.05) is 12.8 Å². The second-order valence-corrected chi connectivity index (χ2v) is 3.26. The normalized spacial score (nSPS) is 38.8. The van der Waals surface area contributed by atoms with Crippen molar-refractivity contribution >= 4 is 7.85 Å². The molecule has 0 saturated carbocycles. The zero-order chi connectivity index (χ0) is 9.84. The summed E-state index contributed by atoms with van der Waals surface area (Å²) in [7, 11) is 1.84. The number of hydrogen-bond acceptors (Lipinski definition) is 3. The minimum atomic E-state index is -0.557. The van der Waals surface area contributed by atoms with Gasteiger partial charge in [0.15, 0.2) is 0 Å². The van der Waals surface area contributed by atoms with Crippen molar-refractivity contribution < 1.29 is 14.6 Å². The van der Waals surface area contributed by atoms with Crippen LogP contribution in [0.25, 0.3) is 0 Å². The first-order valence-electron chi connectivity index (χ1n) is 4.59. The quantitative estimate of drug-likeness (QED) is 0.455. The molecule has 1 heterocycles. The van der Waals surface area contributed by atoms with Gasteiger partial charge in [-0.3, -0.25) is 0 Å². The van der Waals surface area contributed by atoms with Gasteiger partial charge < -0.3 is 14.6 Å². The van der Waals surface area contributed by atoms with Gasteiger partial charge in [-0.05, 0) is 6.42 Å². The van der Waals surface area contributed by atoms with E-state index in [0.29, 0.717) is 0 Å². The number of aliphatic hydroxyl groups is 1. The molecule has 3 nitrogen and oxygen atoms in total. The van der Waals surface area contributed by atoms with Crippen molar-refractivity contribution in [3.05, 3.63) is 0 Å². The van der Waals surface area contributed by atoms with Crippen molar-refractivity contribution in [3.63, 3.8) is 0 Å². The lowest BCUT2D eigenvalue weighted by Gasteiger charge is -2.18. The minimum Gasteiger partial charge on any atom is -0.388 e. The molecule has 0 aromatic heterocycles. The van der Waals surface area contributed by atoms with Gasteiger partial charge >= 0.3 is 0 Å². The molecule has 4 heteroatoms. The Balaban J connectivity index is 2.53. The molecule has 0 spiro atoms. The second-order valence-electron chi connectivity index (χ2n) is 3.26. The van der Waals surface area contributed by atoms with Crippen LogP contribution in [0.15, 0.2) is 0 Å². The van der Waals surface area contributed by atoms with Crippen LogP contribution in [0.3, 0.4) is 0 Å². The SMILES string of the molecule is B[C@@H]1O[C@H](CC)[C@H](OCC#C)C1O. The Bertz CT molecular complexity index is 202. The van der Waals surface area contributed by atoms with Crippen LogP contribution in [0, 0.1) is 12.3 Å². The van der Waals surface area contributed by atoms with Gasteiger partial charge in [-0.25, -0.2) is 0 Å². The first kappa shape index (κ1) is 10.6. The maximum absolute atomic E-state index is 9.67. The summed E-state index contributed by atoms with van der Waals surface area (Å²) < 4.78 is 10.8. The average Bonchev–Trinajstić information content (AvgIpc) is 2.40.